The van der Waals surface area contributed by atoms with Crippen molar-refractivity contribution in [2.45, 2.75) is 19.9 Å². The average Bonchev–Trinajstić information content (AvgIpc) is 2.79. The Labute approximate surface area is 103 Å². The first kappa shape index (κ1) is 12.2. The lowest BCUT2D eigenvalue weighted by Gasteiger charge is -2.24. The normalized spacial score (nSPS) is 16.9. The Balaban J connectivity index is 1.93. The highest BCUT2D eigenvalue weighted by Gasteiger charge is 2.07. The lowest BCUT2D eigenvalue weighted by atomic mass is 10.3. The molecule has 0 amide bonds. The number of hydrogen-bond donors (Lipinski definition) is 1. The van der Waals surface area contributed by atoms with Gasteiger partial charge >= 0.3 is 0 Å². The summed E-state index contributed by atoms with van der Waals surface area (Å²) in [6.45, 7) is 9.43. The summed E-state index contributed by atoms with van der Waals surface area (Å²) >= 11 is 0. The van der Waals surface area contributed by atoms with Crippen molar-refractivity contribution in [3.63, 3.8) is 0 Å². The van der Waals surface area contributed by atoms with E-state index >= 15 is 0 Å². The van der Waals surface area contributed by atoms with Gasteiger partial charge in [-0.2, -0.15) is 5.10 Å². The largest absolute Gasteiger partial charge is 0.314 e. The van der Waals surface area contributed by atoms with E-state index in [-0.39, 0.29) is 0 Å². The second-order valence-corrected chi connectivity index (χ2v) is 4.58. The van der Waals surface area contributed by atoms with Crippen LogP contribution in [0.25, 0.3) is 0 Å². The van der Waals surface area contributed by atoms with Crippen molar-refractivity contribution in [2.24, 2.45) is 0 Å². The van der Waals surface area contributed by atoms with Gasteiger partial charge in [-0.05, 0) is 25.8 Å². The second-order valence-electron chi connectivity index (χ2n) is 4.58. The third-order valence-corrected chi connectivity index (χ3v) is 2.89. The summed E-state index contributed by atoms with van der Waals surface area (Å²) in [6.07, 6.45) is 1.81. The van der Waals surface area contributed by atoms with Gasteiger partial charge in [-0.1, -0.05) is 5.92 Å². The van der Waals surface area contributed by atoms with Gasteiger partial charge in [0.2, 0.25) is 0 Å². The molecule has 0 radical (unpaired) electrons. The zero-order chi connectivity index (χ0) is 12.1. The topological polar surface area (TPSA) is 33.1 Å². The molecule has 0 unspecified atom stereocenters. The van der Waals surface area contributed by atoms with E-state index in [4.69, 9.17) is 0 Å². The first-order valence-corrected chi connectivity index (χ1v) is 6.23. The number of nitrogens with zero attached hydrogens (tertiary/aromatic N) is 3. The minimum Gasteiger partial charge on any atom is -0.314 e. The number of nitrogens with one attached hydrogen (secondary N) is 1. The molecule has 2 heterocycles. The molecule has 1 aromatic heterocycles. The van der Waals surface area contributed by atoms with Gasteiger partial charge in [-0.15, -0.1) is 0 Å². The minimum absolute atomic E-state index is 0.369. The van der Waals surface area contributed by atoms with E-state index in [0.29, 0.717) is 6.04 Å². The lowest BCUT2D eigenvalue weighted by Crippen LogP contribution is -2.43. The number of rotatable bonds is 2. The van der Waals surface area contributed by atoms with Crippen molar-refractivity contribution in [1.82, 2.24) is 20.0 Å². The highest BCUT2D eigenvalue weighted by molar-refractivity contribution is 5.27. The van der Waals surface area contributed by atoms with Crippen molar-refractivity contribution < 1.29 is 0 Å². The molecule has 0 atom stereocenters. The number of hydrogen-bond acceptors (Lipinski definition) is 3. The molecule has 1 aliphatic rings. The first-order chi connectivity index (χ1) is 8.27. The maximum atomic E-state index is 4.27. The molecular formula is C13H20N4. The molecule has 2 rings (SSSR count). The molecule has 17 heavy (non-hydrogen) atoms. The Hall–Kier alpha value is -1.31. The van der Waals surface area contributed by atoms with E-state index in [1.54, 1.807) is 0 Å². The van der Waals surface area contributed by atoms with Gasteiger partial charge in [0.15, 0.2) is 0 Å². The van der Waals surface area contributed by atoms with Gasteiger partial charge in [0.25, 0.3) is 0 Å². The van der Waals surface area contributed by atoms with Gasteiger partial charge in [0.05, 0.1) is 12.7 Å². The molecule has 0 saturated carbocycles. The Morgan fingerprint density at radius 2 is 2.18 bits per heavy atom. The highest BCUT2D eigenvalue weighted by Crippen LogP contribution is 2.06. The van der Waals surface area contributed by atoms with Gasteiger partial charge in [-0.25, -0.2) is 0 Å². The molecule has 1 fully saturated rings. The van der Waals surface area contributed by atoms with E-state index in [1.165, 1.54) is 0 Å². The Morgan fingerprint density at radius 3 is 2.88 bits per heavy atom. The molecule has 1 aliphatic heterocycles. The highest BCUT2D eigenvalue weighted by atomic mass is 15.3. The summed E-state index contributed by atoms with van der Waals surface area (Å²) in [6, 6.07) is 2.35. The van der Waals surface area contributed by atoms with Crippen LogP contribution in [0.15, 0.2) is 12.3 Å². The van der Waals surface area contributed by atoms with Crippen LogP contribution in [-0.4, -0.2) is 47.4 Å². The predicted octanol–water partition coefficient (Wildman–Crippen LogP) is 0.721. The summed E-state index contributed by atoms with van der Waals surface area (Å²) in [5.41, 5.74) is 1.01. The molecule has 1 N–H and O–H groups in total. The van der Waals surface area contributed by atoms with Crippen LogP contribution < -0.4 is 5.32 Å². The lowest BCUT2D eigenvalue weighted by molar-refractivity contribution is 0.268. The van der Waals surface area contributed by atoms with Crippen molar-refractivity contribution in [2.75, 3.05) is 32.7 Å². The van der Waals surface area contributed by atoms with Crippen LogP contribution >= 0.6 is 0 Å². The zero-order valence-electron chi connectivity index (χ0n) is 10.6. The van der Waals surface area contributed by atoms with E-state index in [0.717, 1.165) is 38.4 Å². The maximum Gasteiger partial charge on any atom is 0.111 e. The van der Waals surface area contributed by atoms with E-state index in [9.17, 15) is 0 Å². The van der Waals surface area contributed by atoms with Crippen molar-refractivity contribution in [3.05, 3.63) is 18.0 Å². The van der Waals surface area contributed by atoms with Crippen LogP contribution in [0.4, 0.5) is 0 Å². The molecular weight excluding hydrogens is 212 g/mol. The number of aromatic nitrogens is 2. The quantitative estimate of drug-likeness (QED) is 0.763. The van der Waals surface area contributed by atoms with E-state index < -0.39 is 0 Å². The summed E-state index contributed by atoms with van der Waals surface area (Å²) in [5, 5.41) is 7.61. The Kier molecular flexibility index (Phi) is 4.18. The third-order valence-electron chi connectivity index (χ3n) is 2.89. The molecule has 0 bridgehead atoms. The first-order valence-electron chi connectivity index (χ1n) is 6.23. The standard InChI is InChI=1S/C13H20N4/c1-12(2)17-13(5-6-15-17)4-3-9-16-10-7-14-8-11-16/h5-6,12,14H,7-11H2,1-2H3. The summed E-state index contributed by atoms with van der Waals surface area (Å²) in [5.74, 6) is 6.45. The van der Waals surface area contributed by atoms with Crippen molar-refractivity contribution >= 4 is 0 Å². The fraction of sp³-hybridized carbons (Fsp3) is 0.615. The summed E-state index contributed by atoms with van der Waals surface area (Å²) < 4.78 is 1.96. The zero-order valence-corrected chi connectivity index (χ0v) is 10.6. The van der Waals surface area contributed by atoms with Crippen LogP contribution in [0.2, 0.25) is 0 Å². The SMILES string of the molecule is CC(C)n1nccc1C#CCN1CCNCC1. The van der Waals surface area contributed by atoms with Crippen molar-refractivity contribution in [3.8, 4) is 11.8 Å². The molecule has 4 heteroatoms. The summed E-state index contributed by atoms with van der Waals surface area (Å²) in [7, 11) is 0. The molecule has 0 spiro atoms. The molecule has 1 aromatic rings. The molecule has 92 valence electrons. The fourth-order valence-electron chi connectivity index (χ4n) is 1.94. The van der Waals surface area contributed by atoms with Gasteiger partial charge in [0, 0.05) is 32.2 Å². The van der Waals surface area contributed by atoms with Crippen molar-refractivity contribution in [1.29, 1.82) is 0 Å². The van der Waals surface area contributed by atoms with Gasteiger partial charge in [-0.3, -0.25) is 9.58 Å². The van der Waals surface area contributed by atoms with Crippen LogP contribution in [0.5, 0.6) is 0 Å². The van der Waals surface area contributed by atoms with E-state index in [1.807, 2.05) is 16.9 Å². The molecule has 1 saturated heterocycles. The van der Waals surface area contributed by atoms with Crippen LogP contribution in [0.1, 0.15) is 25.6 Å². The molecule has 0 aliphatic carbocycles. The third kappa shape index (κ3) is 3.32. The van der Waals surface area contributed by atoms with Gasteiger partial charge < -0.3 is 5.32 Å². The fourth-order valence-corrected chi connectivity index (χ4v) is 1.94. The summed E-state index contributed by atoms with van der Waals surface area (Å²) in [4.78, 5) is 2.37. The smallest absolute Gasteiger partial charge is 0.111 e. The van der Waals surface area contributed by atoms with Crippen LogP contribution in [0, 0.1) is 11.8 Å². The average molecular weight is 232 g/mol. The number of piperazine rings is 1. The predicted molar refractivity (Wildman–Crippen MR) is 68.8 cm³/mol. The maximum absolute atomic E-state index is 4.27. The Bertz CT molecular complexity index is 405. The van der Waals surface area contributed by atoms with E-state index in [2.05, 4.69) is 41.0 Å². The monoisotopic (exact) mass is 232 g/mol. The van der Waals surface area contributed by atoms with Gasteiger partial charge in [0.1, 0.15) is 5.69 Å². The Morgan fingerprint density at radius 1 is 1.41 bits per heavy atom. The van der Waals surface area contributed by atoms with Crippen LogP contribution in [-0.2, 0) is 0 Å². The minimum atomic E-state index is 0.369. The second kappa shape index (κ2) is 5.85. The molecule has 4 nitrogen and oxygen atoms in total. The van der Waals surface area contributed by atoms with Crippen LogP contribution in [0.3, 0.4) is 0 Å². The molecule has 0 aromatic carbocycles.